The summed E-state index contributed by atoms with van der Waals surface area (Å²) in [6.07, 6.45) is 1.34. The van der Waals surface area contributed by atoms with E-state index in [9.17, 15) is 4.79 Å². The Labute approximate surface area is 109 Å². The first-order valence-corrected chi connectivity index (χ1v) is 6.28. The molecule has 1 aromatic heterocycles. The summed E-state index contributed by atoms with van der Waals surface area (Å²) in [6, 6.07) is 0. The maximum absolute atomic E-state index is 11.8. The fraction of sp³-hybridized carbons (Fsp3) is 0.500. The van der Waals surface area contributed by atoms with E-state index < -0.39 is 0 Å². The predicted molar refractivity (Wildman–Crippen MR) is 69.4 cm³/mol. The molecule has 0 aliphatic carbocycles. The van der Waals surface area contributed by atoms with E-state index in [1.807, 2.05) is 0 Å². The Morgan fingerprint density at radius 3 is 3.00 bits per heavy atom. The number of aliphatic hydroxyl groups is 1. The zero-order valence-electron chi connectivity index (χ0n) is 10.0. The van der Waals surface area contributed by atoms with E-state index in [1.165, 1.54) is 18.4 Å². The number of anilines is 1. The molecular formula is C10H16N4O3S. The number of hydrogen-bond acceptors (Lipinski definition) is 7. The lowest BCUT2D eigenvalue weighted by Gasteiger charge is -2.05. The number of carbonyl (C=O) groups excluding carboxylic acids is 1. The van der Waals surface area contributed by atoms with E-state index >= 15 is 0 Å². The number of hydrogen-bond donors (Lipinski definition) is 3. The molecule has 0 saturated heterocycles. The average molecular weight is 272 g/mol. The highest BCUT2D eigenvalue weighted by Crippen LogP contribution is 2.12. The molecular weight excluding hydrogens is 256 g/mol. The van der Waals surface area contributed by atoms with Crippen molar-refractivity contribution in [2.45, 2.75) is 12.8 Å². The maximum atomic E-state index is 11.8. The van der Waals surface area contributed by atoms with Crippen LogP contribution < -0.4 is 11.1 Å². The van der Waals surface area contributed by atoms with Gasteiger partial charge in [0.05, 0.1) is 0 Å². The number of unbranched alkanes of at least 4 members (excludes halogenated alkanes) is 1. The molecule has 8 heteroatoms. The highest BCUT2D eigenvalue weighted by atomic mass is 32.1. The number of rotatable bonds is 7. The van der Waals surface area contributed by atoms with Crippen molar-refractivity contribution in [2.24, 2.45) is 5.16 Å². The number of nitrogens with one attached hydrogen (secondary N) is 1. The fourth-order valence-electron chi connectivity index (χ4n) is 1.21. The zero-order chi connectivity index (χ0) is 13.4. The Bertz CT molecular complexity index is 419. The summed E-state index contributed by atoms with van der Waals surface area (Å²) in [4.78, 5) is 20.5. The molecule has 18 heavy (non-hydrogen) atoms. The quantitative estimate of drug-likeness (QED) is 0.366. The van der Waals surface area contributed by atoms with Crippen LogP contribution in [0.5, 0.6) is 0 Å². The maximum Gasteiger partial charge on any atom is 0.275 e. The molecule has 0 fully saturated rings. The largest absolute Gasteiger partial charge is 0.398 e. The lowest BCUT2D eigenvalue weighted by molar-refractivity contribution is -0.114. The van der Waals surface area contributed by atoms with Crippen LogP contribution in [0.15, 0.2) is 10.5 Å². The van der Waals surface area contributed by atoms with Crippen molar-refractivity contribution in [3.63, 3.8) is 0 Å². The van der Waals surface area contributed by atoms with E-state index in [2.05, 4.69) is 20.3 Å². The highest BCUT2D eigenvalue weighted by molar-refractivity contribution is 7.13. The molecule has 0 aliphatic rings. The molecule has 0 aromatic carbocycles. The third-order valence-electron chi connectivity index (χ3n) is 2.03. The smallest absolute Gasteiger partial charge is 0.275 e. The summed E-state index contributed by atoms with van der Waals surface area (Å²) < 4.78 is 0. The Hall–Kier alpha value is -1.67. The van der Waals surface area contributed by atoms with Crippen LogP contribution in [0.1, 0.15) is 18.5 Å². The second-order valence-electron chi connectivity index (χ2n) is 3.38. The van der Waals surface area contributed by atoms with Crippen molar-refractivity contribution in [1.82, 2.24) is 10.3 Å². The van der Waals surface area contributed by atoms with Gasteiger partial charge in [0.25, 0.3) is 5.91 Å². The number of nitrogens with two attached hydrogens (primary N) is 1. The second kappa shape index (κ2) is 7.62. The summed E-state index contributed by atoms with van der Waals surface area (Å²) in [5.74, 6) is -0.375. The van der Waals surface area contributed by atoms with Crippen molar-refractivity contribution in [1.29, 1.82) is 0 Å². The summed E-state index contributed by atoms with van der Waals surface area (Å²) in [5, 5.41) is 17.0. The Kier molecular flexibility index (Phi) is 6.09. The molecule has 1 heterocycles. The fourth-order valence-corrected chi connectivity index (χ4v) is 1.76. The van der Waals surface area contributed by atoms with E-state index in [0.717, 1.165) is 0 Å². The van der Waals surface area contributed by atoms with Crippen LogP contribution in [0.4, 0.5) is 5.13 Å². The van der Waals surface area contributed by atoms with Crippen molar-refractivity contribution < 1.29 is 14.7 Å². The van der Waals surface area contributed by atoms with Crippen LogP contribution in [0, 0.1) is 0 Å². The molecule has 100 valence electrons. The van der Waals surface area contributed by atoms with Crippen LogP contribution in [-0.2, 0) is 9.63 Å². The SMILES string of the molecule is CON=C(C(=O)NCCCCO)c1csc(N)n1. The van der Waals surface area contributed by atoms with Gasteiger partial charge < -0.3 is 21.0 Å². The molecule has 0 saturated carbocycles. The van der Waals surface area contributed by atoms with Gasteiger partial charge in [0.15, 0.2) is 10.8 Å². The molecule has 4 N–H and O–H groups in total. The van der Waals surface area contributed by atoms with Gasteiger partial charge in [-0.15, -0.1) is 11.3 Å². The predicted octanol–water partition coefficient (Wildman–Crippen LogP) is -0.0355. The van der Waals surface area contributed by atoms with Crippen molar-refractivity contribution in [2.75, 3.05) is 26.0 Å². The number of oxime groups is 1. The van der Waals surface area contributed by atoms with E-state index in [1.54, 1.807) is 5.38 Å². The topological polar surface area (TPSA) is 110 Å². The Morgan fingerprint density at radius 1 is 1.67 bits per heavy atom. The van der Waals surface area contributed by atoms with E-state index in [4.69, 9.17) is 10.8 Å². The van der Waals surface area contributed by atoms with Crippen molar-refractivity contribution in [3.05, 3.63) is 11.1 Å². The number of aliphatic hydroxyl groups excluding tert-OH is 1. The first-order valence-electron chi connectivity index (χ1n) is 5.40. The summed E-state index contributed by atoms with van der Waals surface area (Å²) in [5.41, 5.74) is 5.98. The van der Waals surface area contributed by atoms with Crippen molar-refractivity contribution >= 4 is 28.1 Å². The van der Waals surface area contributed by atoms with E-state index in [0.29, 0.717) is 30.2 Å². The number of amides is 1. The zero-order valence-corrected chi connectivity index (χ0v) is 10.9. The van der Waals surface area contributed by atoms with Gasteiger partial charge in [0.2, 0.25) is 0 Å². The molecule has 1 amide bonds. The van der Waals surface area contributed by atoms with Gasteiger partial charge in [-0.05, 0) is 12.8 Å². The number of nitrogens with zero attached hydrogens (tertiary/aromatic N) is 2. The summed E-state index contributed by atoms with van der Waals surface area (Å²) in [7, 11) is 1.36. The van der Waals surface area contributed by atoms with Crippen LogP contribution in [-0.4, -0.2) is 42.0 Å². The number of aromatic nitrogens is 1. The van der Waals surface area contributed by atoms with Gasteiger partial charge in [-0.25, -0.2) is 4.98 Å². The molecule has 0 radical (unpaired) electrons. The first kappa shape index (κ1) is 14.4. The molecule has 0 bridgehead atoms. The minimum Gasteiger partial charge on any atom is -0.398 e. The lowest BCUT2D eigenvalue weighted by atomic mass is 10.2. The third-order valence-corrected chi connectivity index (χ3v) is 2.71. The van der Waals surface area contributed by atoms with Crippen LogP contribution in [0.3, 0.4) is 0 Å². The van der Waals surface area contributed by atoms with E-state index in [-0.39, 0.29) is 18.2 Å². The van der Waals surface area contributed by atoms with Gasteiger partial charge in [-0.1, -0.05) is 5.16 Å². The molecule has 0 unspecified atom stereocenters. The molecule has 0 atom stereocenters. The Balaban J connectivity index is 2.62. The molecule has 1 rings (SSSR count). The average Bonchev–Trinajstić information content (AvgIpc) is 2.78. The van der Waals surface area contributed by atoms with Gasteiger partial charge in [0.1, 0.15) is 12.8 Å². The van der Waals surface area contributed by atoms with Gasteiger partial charge in [-0.2, -0.15) is 0 Å². The van der Waals surface area contributed by atoms with Gasteiger partial charge in [0, 0.05) is 18.5 Å². The third kappa shape index (κ3) is 4.30. The number of thiazole rings is 1. The monoisotopic (exact) mass is 272 g/mol. The minimum atomic E-state index is -0.375. The highest BCUT2D eigenvalue weighted by Gasteiger charge is 2.17. The Morgan fingerprint density at radius 2 is 2.44 bits per heavy atom. The minimum absolute atomic E-state index is 0.0921. The molecule has 0 spiro atoms. The standard InChI is InChI=1S/C10H16N4O3S/c1-17-14-8(7-6-18-10(11)13-7)9(16)12-4-2-3-5-15/h6,15H,2-5H2,1H3,(H2,11,13)(H,12,16). The van der Waals surface area contributed by atoms with Crippen LogP contribution in [0.2, 0.25) is 0 Å². The summed E-state index contributed by atoms with van der Waals surface area (Å²) in [6.45, 7) is 0.569. The molecule has 7 nitrogen and oxygen atoms in total. The lowest BCUT2D eigenvalue weighted by Crippen LogP contribution is -2.32. The molecule has 0 aliphatic heterocycles. The van der Waals surface area contributed by atoms with Gasteiger partial charge in [-0.3, -0.25) is 4.79 Å². The number of carbonyl (C=O) groups is 1. The number of nitrogen functional groups attached to an aromatic ring is 1. The second-order valence-corrected chi connectivity index (χ2v) is 4.27. The normalized spacial score (nSPS) is 11.3. The molecule has 1 aromatic rings. The first-order chi connectivity index (χ1) is 8.69. The van der Waals surface area contributed by atoms with Crippen LogP contribution >= 0.6 is 11.3 Å². The van der Waals surface area contributed by atoms with Crippen molar-refractivity contribution in [3.8, 4) is 0 Å². The van der Waals surface area contributed by atoms with Crippen LogP contribution in [0.25, 0.3) is 0 Å². The van der Waals surface area contributed by atoms with Gasteiger partial charge >= 0.3 is 0 Å². The summed E-state index contributed by atoms with van der Waals surface area (Å²) >= 11 is 1.23.